The van der Waals surface area contributed by atoms with Crippen molar-refractivity contribution >= 4 is 19.2 Å². The fourth-order valence-corrected chi connectivity index (χ4v) is 4.26. The Hall–Kier alpha value is -1.65. The highest BCUT2D eigenvalue weighted by atomic mass is 31.2. The summed E-state index contributed by atoms with van der Waals surface area (Å²) >= 11 is 0. The van der Waals surface area contributed by atoms with Crippen LogP contribution >= 0.6 is 7.37 Å². The zero-order chi connectivity index (χ0) is 15.5. The fourth-order valence-electron chi connectivity index (χ4n) is 2.44. The Morgan fingerprint density at radius 2 is 2.00 bits per heavy atom. The zero-order valence-electron chi connectivity index (χ0n) is 11.5. The summed E-state index contributed by atoms with van der Waals surface area (Å²) in [5.41, 5.74) is -0.708. The topological polar surface area (TPSA) is 94.9 Å². The fraction of sp³-hybridized carbons (Fsp3) is 0.429. The predicted octanol–water partition coefficient (Wildman–Crippen LogP) is 1.53. The monoisotopic (exact) mass is 311 g/mol. The Bertz CT molecular complexity index is 574. The summed E-state index contributed by atoms with van der Waals surface area (Å²) in [6.45, 7) is 0.418. The number of likely N-dealkylation sites (tertiary alicyclic amines) is 1. The molecule has 2 N–H and O–H groups in total. The van der Waals surface area contributed by atoms with E-state index in [9.17, 15) is 24.2 Å². The standard InChI is InChI=1S/C14H18NO5P/c16-13-7-4-8-15(13)10-21(19,20)12(14(17)18)9-11-5-2-1-3-6-11/h1-3,5-6,12H,4,7-10H2,(H,17,18)(H,19,20)/t12-/m0/s1. The minimum atomic E-state index is -4.01. The van der Waals surface area contributed by atoms with Crippen LogP contribution in [-0.2, 0) is 20.6 Å². The van der Waals surface area contributed by atoms with Crippen molar-refractivity contribution in [2.24, 2.45) is 0 Å². The van der Waals surface area contributed by atoms with Gasteiger partial charge in [-0.3, -0.25) is 14.2 Å². The maximum atomic E-state index is 12.4. The lowest BCUT2D eigenvalue weighted by molar-refractivity contribution is -0.137. The quantitative estimate of drug-likeness (QED) is 0.777. The average molecular weight is 311 g/mol. The van der Waals surface area contributed by atoms with E-state index in [1.807, 2.05) is 0 Å². The lowest BCUT2D eigenvalue weighted by Crippen LogP contribution is -2.32. The van der Waals surface area contributed by atoms with Gasteiger partial charge in [-0.15, -0.1) is 0 Å². The number of rotatable bonds is 6. The number of carboxylic acid groups (broad SMARTS) is 1. The molecule has 0 spiro atoms. The Balaban J connectivity index is 2.14. The molecule has 0 aliphatic carbocycles. The van der Waals surface area contributed by atoms with Crippen LogP contribution in [0.2, 0.25) is 0 Å². The van der Waals surface area contributed by atoms with Gasteiger partial charge in [-0.1, -0.05) is 30.3 Å². The third-order valence-electron chi connectivity index (χ3n) is 3.59. The summed E-state index contributed by atoms with van der Waals surface area (Å²) in [6.07, 6.45) is 0.604. The van der Waals surface area contributed by atoms with Crippen LogP contribution in [0.25, 0.3) is 0 Å². The Kier molecular flexibility index (Phi) is 4.80. The molecule has 1 fully saturated rings. The lowest BCUT2D eigenvalue weighted by Gasteiger charge is -2.24. The van der Waals surface area contributed by atoms with E-state index in [2.05, 4.69) is 0 Å². The van der Waals surface area contributed by atoms with E-state index in [0.717, 1.165) is 0 Å². The molecule has 1 amide bonds. The van der Waals surface area contributed by atoms with Crippen molar-refractivity contribution in [1.82, 2.24) is 4.90 Å². The molecule has 0 aromatic heterocycles. The molecule has 1 heterocycles. The summed E-state index contributed by atoms with van der Waals surface area (Å²) in [5.74, 6) is -1.50. The first kappa shape index (κ1) is 15.7. The number of nitrogens with zero attached hydrogens (tertiary/aromatic N) is 1. The first-order chi connectivity index (χ1) is 9.90. The van der Waals surface area contributed by atoms with Gasteiger partial charge < -0.3 is 14.9 Å². The van der Waals surface area contributed by atoms with Crippen molar-refractivity contribution in [2.45, 2.75) is 24.9 Å². The Morgan fingerprint density at radius 1 is 1.33 bits per heavy atom. The van der Waals surface area contributed by atoms with Crippen LogP contribution in [0, 0.1) is 0 Å². The van der Waals surface area contributed by atoms with E-state index in [-0.39, 0.29) is 18.6 Å². The SMILES string of the molecule is O=C(O)[C@H](Cc1ccccc1)P(=O)(O)CN1CCCC1=O. The Labute approximate surface area is 122 Å². The minimum Gasteiger partial charge on any atom is -0.481 e. The van der Waals surface area contributed by atoms with Crippen LogP contribution in [0.5, 0.6) is 0 Å². The normalized spacial score (nSPS) is 19.3. The first-order valence-corrected chi connectivity index (χ1v) is 8.67. The van der Waals surface area contributed by atoms with E-state index >= 15 is 0 Å². The summed E-state index contributed by atoms with van der Waals surface area (Å²) in [6, 6.07) is 8.73. The van der Waals surface area contributed by atoms with Crippen LogP contribution < -0.4 is 0 Å². The molecule has 1 saturated heterocycles. The summed E-state index contributed by atoms with van der Waals surface area (Å²) in [7, 11) is -4.01. The van der Waals surface area contributed by atoms with Gasteiger partial charge in [0, 0.05) is 13.0 Å². The second-order valence-corrected chi connectivity index (χ2v) is 7.62. The highest BCUT2D eigenvalue weighted by Crippen LogP contribution is 2.48. The third-order valence-corrected chi connectivity index (χ3v) is 5.71. The predicted molar refractivity (Wildman–Crippen MR) is 77.2 cm³/mol. The van der Waals surface area contributed by atoms with Gasteiger partial charge in [-0.05, 0) is 18.4 Å². The van der Waals surface area contributed by atoms with Crippen molar-refractivity contribution in [1.29, 1.82) is 0 Å². The number of carboxylic acids is 1. The smallest absolute Gasteiger partial charge is 0.316 e. The van der Waals surface area contributed by atoms with E-state index in [1.165, 1.54) is 4.90 Å². The van der Waals surface area contributed by atoms with Crippen molar-refractivity contribution < 1.29 is 24.2 Å². The highest BCUT2D eigenvalue weighted by Gasteiger charge is 2.40. The van der Waals surface area contributed by atoms with Gasteiger partial charge in [0.1, 0.15) is 5.66 Å². The number of carbonyl (C=O) groups is 2. The maximum Gasteiger partial charge on any atom is 0.316 e. The van der Waals surface area contributed by atoms with Gasteiger partial charge in [0.2, 0.25) is 13.3 Å². The molecule has 2 atom stereocenters. The first-order valence-electron chi connectivity index (χ1n) is 6.76. The van der Waals surface area contributed by atoms with E-state index in [1.54, 1.807) is 30.3 Å². The van der Waals surface area contributed by atoms with Gasteiger partial charge in [-0.25, -0.2) is 0 Å². The van der Waals surface area contributed by atoms with Gasteiger partial charge in [0.05, 0.1) is 6.29 Å². The number of carbonyl (C=O) groups excluding carboxylic acids is 1. The van der Waals surface area contributed by atoms with Gasteiger partial charge >= 0.3 is 5.97 Å². The molecule has 1 aromatic carbocycles. The lowest BCUT2D eigenvalue weighted by atomic mass is 10.1. The van der Waals surface area contributed by atoms with Crippen LogP contribution in [0.3, 0.4) is 0 Å². The number of hydrogen-bond acceptors (Lipinski definition) is 3. The summed E-state index contributed by atoms with van der Waals surface area (Å²) < 4.78 is 12.4. The third kappa shape index (κ3) is 3.93. The summed E-state index contributed by atoms with van der Waals surface area (Å²) in [4.78, 5) is 34.4. The molecular weight excluding hydrogens is 293 g/mol. The molecule has 2 rings (SSSR count). The molecule has 21 heavy (non-hydrogen) atoms. The van der Waals surface area contributed by atoms with Crippen LogP contribution in [-0.4, -0.2) is 45.3 Å². The van der Waals surface area contributed by atoms with E-state index in [4.69, 9.17) is 0 Å². The van der Waals surface area contributed by atoms with Crippen LogP contribution in [0.4, 0.5) is 0 Å². The Morgan fingerprint density at radius 3 is 2.52 bits per heavy atom. The van der Waals surface area contributed by atoms with Gasteiger partial charge in [0.15, 0.2) is 0 Å². The van der Waals surface area contributed by atoms with Crippen molar-refractivity contribution in [2.75, 3.05) is 12.8 Å². The van der Waals surface area contributed by atoms with Gasteiger partial charge in [0.25, 0.3) is 0 Å². The molecule has 1 aliphatic heterocycles. The van der Waals surface area contributed by atoms with E-state index in [0.29, 0.717) is 24.9 Å². The number of hydrogen-bond donors (Lipinski definition) is 2. The van der Waals surface area contributed by atoms with Gasteiger partial charge in [-0.2, -0.15) is 0 Å². The molecule has 6 nitrogen and oxygen atoms in total. The number of amides is 1. The van der Waals surface area contributed by atoms with Crippen molar-refractivity contribution in [3.63, 3.8) is 0 Å². The molecule has 1 aliphatic rings. The van der Waals surface area contributed by atoms with Crippen molar-refractivity contribution in [3.05, 3.63) is 35.9 Å². The highest BCUT2D eigenvalue weighted by molar-refractivity contribution is 7.59. The molecule has 0 bridgehead atoms. The molecule has 1 aromatic rings. The zero-order valence-corrected chi connectivity index (χ0v) is 12.4. The second-order valence-electron chi connectivity index (χ2n) is 5.20. The molecular formula is C14H18NO5P. The molecule has 0 saturated carbocycles. The van der Waals surface area contributed by atoms with Crippen LogP contribution in [0.1, 0.15) is 18.4 Å². The van der Waals surface area contributed by atoms with Crippen molar-refractivity contribution in [3.8, 4) is 0 Å². The molecule has 114 valence electrons. The largest absolute Gasteiger partial charge is 0.481 e. The molecule has 1 unspecified atom stereocenters. The van der Waals surface area contributed by atoms with E-state index < -0.39 is 19.0 Å². The number of benzene rings is 1. The maximum absolute atomic E-state index is 12.4. The summed E-state index contributed by atoms with van der Waals surface area (Å²) in [5, 5.41) is 9.27. The average Bonchev–Trinajstić information content (AvgIpc) is 2.81. The minimum absolute atomic E-state index is 0.0218. The number of aliphatic carboxylic acids is 1. The van der Waals surface area contributed by atoms with Crippen LogP contribution in [0.15, 0.2) is 30.3 Å². The molecule has 0 radical (unpaired) electrons. The second kappa shape index (κ2) is 6.41. The molecule has 7 heteroatoms.